The lowest BCUT2D eigenvalue weighted by Gasteiger charge is -2.13. The van der Waals surface area contributed by atoms with Crippen molar-refractivity contribution in [3.05, 3.63) is 60.3 Å². The van der Waals surface area contributed by atoms with Gasteiger partial charge in [0.25, 0.3) is 0 Å². The molecule has 0 aliphatic heterocycles. The lowest BCUT2D eigenvalue weighted by molar-refractivity contribution is 0.169. The standard InChI is InChI=1S/C19H19NO2/c1-3-19(21)18-12-16(13-8-10-14(22-2)11-9-13)15-6-4-5-7-17(15)20-18/h4-12,19,21H,3H2,1-2H3. The lowest BCUT2D eigenvalue weighted by atomic mass is 9.98. The third-order valence-electron chi connectivity index (χ3n) is 3.87. The molecular formula is C19H19NO2. The molecule has 0 amide bonds. The van der Waals surface area contributed by atoms with Crippen LogP contribution in [0.1, 0.15) is 25.1 Å². The zero-order chi connectivity index (χ0) is 15.5. The van der Waals surface area contributed by atoms with Crippen LogP contribution in [0.5, 0.6) is 5.75 Å². The highest BCUT2D eigenvalue weighted by atomic mass is 16.5. The highest BCUT2D eigenvalue weighted by molar-refractivity contribution is 5.94. The average molecular weight is 293 g/mol. The lowest BCUT2D eigenvalue weighted by Crippen LogP contribution is -2.00. The van der Waals surface area contributed by atoms with E-state index in [1.807, 2.05) is 55.5 Å². The zero-order valence-corrected chi connectivity index (χ0v) is 12.8. The van der Waals surface area contributed by atoms with Gasteiger partial charge in [0, 0.05) is 5.39 Å². The molecule has 0 saturated heterocycles. The fourth-order valence-electron chi connectivity index (χ4n) is 2.59. The maximum Gasteiger partial charge on any atom is 0.118 e. The van der Waals surface area contributed by atoms with Crippen LogP contribution in [0.2, 0.25) is 0 Å². The maximum absolute atomic E-state index is 10.2. The van der Waals surface area contributed by atoms with Crippen LogP contribution in [0.3, 0.4) is 0 Å². The highest BCUT2D eigenvalue weighted by Gasteiger charge is 2.12. The van der Waals surface area contributed by atoms with Crippen molar-refractivity contribution in [1.82, 2.24) is 4.98 Å². The molecule has 0 saturated carbocycles. The van der Waals surface area contributed by atoms with Crippen LogP contribution in [0.4, 0.5) is 0 Å². The second kappa shape index (κ2) is 6.16. The van der Waals surface area contributed by atoms with Crippen molar-refractivity contribution in [2.75, 3.05) is 7.11 Å². The molecule has 1 heterocycles. The summed E-state index contributed by atoms with van der Waals surface area (Å²) in [6.07, 6.45) is 0.106. The van der Waals surface area contributed by atoms with Crippen molar-refractivity contribution in [2.45, 2.75) is 19.4 Å². The van der Waals surface area contributed by atoms with Crippen molar-refractivity contribution in [1.29, 1.82) is 0 Å². The van der Waals surface area contributed by atoms with Gasteiger partial charge in [0.2, 0.25) is 0 Å². The van der Waals surface area contributed by atoms with Gasteiger partial charge in [-0.1, -0.05) is 37.3 Å². The number of rotatable bonds is 4. The fourth-order valence-corrected chi connectivity index (χ4v) is 2.59. The van der Waals surface area contributed by atoms with Crippen LogP contribution in [0, 0.1) is 0 Å². The zero-order valence-electron chi connectivity index (χ0n) is 12.8. The van der Waals surface area contributed by atoms with Gasteiger partial charge in [-0.05, 0) is 41.8 Å². The van der Waals surface area contributed by atoms with E-state index >= 15 is 0 Å². The number of fused-ring (bicyclic) bond motifs is 1. The number of aromatic nitrogens is 1. The van der Waals surface area contributed by atoms with Crippen LogP contribution >= 0.6 is 0 Å². The summed E-state index contributed by atoms with van der Waals surface area (Å²) in [5.74, 6) is 0.830. The third kappa shape index (κ3) is 2.68. The quantitative estimate of drug-likeness (QED) is 0.777. The van der Waals surface area contributed by atoms with Gasteiger partial charge >= 0.3 is 0 Å². The van der Waals surface area contributed by atoms with Crippen LogP contribution < -0.4 is 4.74 Å². The first-order valence-corrected chi connectivity index (χ1v) is 7.45. The molecular weight excluding hydrogens is 274 g/mol. The summed E-state index contributed by atoms with van der Waals surface area (Å²) in [5, 5.41) is 11.2. The third-order valence-corrected chi connectivity index (χ3v) is 3.87. The summed E-state index contributed by atoms with van der Waals surface area (Å²) in [5.41, 5.74) is 3.78. The van der Waals surface area contributed by atoms with E-state index in [1.54, 1.807) is 7.11 Å². The van der Waals surface area contributed by atoms with E-state index in [2.05, 4.69) is 11.1 Å². The van der Waals surface area contributed by atoms with Gasteiger partial charge < -0.3 is 9.84 Å². The summed E-state index contributed by atoms with van der Waals surface area (Å²) >= 11 is 0. The smallest absolute Gasteiger partial charge is 0.118 e. The molecule has 0 aliphatic rings. The van der Waals surface area contributed by atoms with Gasteiger partial charge in [-0.2, -0.15) is 0 Å². The van der Waals surface area contributed by atoms with Crippen LogP contribution in [0.15, 0.2) is 54.6 Å². The summed E-state index contributed by atoms with van der Waals surface area (Å²) in [7, 11) is 1.66. The Balaban J connectivity index is 2.21. The van der Waals surface area contributed by atoms with E-state index in [0.29, 0.717) is 12.1 Å². The van der Waals surface area contributed by atoms with Gasteiger partial charge in [0.1, 0.15) is 5.75 Å². The van der Waals surface area contributed by atoms with E-state index in [1.165, 1.54) is 0 Å². The second-order valence-corrected chi connectivity index (χ2v) is 5.26. The molecule has 22 heavy (non-hydrogen) atoms. The van der Waals surface area contributed by atoms with Gasteiger partial charge in [-0.15, -0.1) is 0 Å². The Morgan fingerprint density at radius 2 is 1.82 bits per heavy atom. The minimum Gasteiger partial charge on any atom is -0.497 e. The molecule has 3 rings (SSSR count). The monoisotopic (exact) mass is 293 g/mol. The molecule has 0 radical (unpaired) electrons. The predicted molar refractivity (Wildman–Crippen MR) is 89.0 cm³/mol. The first-order valence-electron chi connectivity index (χ1n) is 7.45. The minimum absolute atomic E-state index is 0.540. The number of aliphatic hydroxyl groups is 1. The SMILES string of the molecule is CCC(O)c1cc(-c2ccc(OC)cc2)c2ccccc2n1. The Morgan fingerprint density at radius 1 is 1.09 bits per heavy atom. The number of methoxy groups -OCH3 is 1. The van der Waals surface area contributed by atoms with Gasteiger partial charge in [0.05, 0.1) is 24.4 Å². The molecule has 0 fully saturated rings. The second-order valence-electron chi connectivity index (χ2n) is 5.26. The number of ether oxygens (including phenoxy) is 1. The normalized spacial score (nSPS) is 12.3. The number of aliphatic hydroxyl groups excluding tert-OH is 1. The molecule has 112 valence electrons. The molecule has 3 heteroatoms. The molecule has 0 bridgehead atoms. The van der Waals surface area contributed by atoms with Crippen LogP contribution in [0.25, 0.3) is 22.0 Å². The Labute approximate surface area is 130 Å². The molecule has 1 unspecified atom stereocenters. The number of nitrogens with zero attached hydrogens (tertiary/aromatic N) is 1. The number of pyridine rings is 1. The minimum atomic E-state index is -0.540. The van der Waals surface area contributed by atoms with Crippen molar-refractivity contribution in [3.8, 4) is 16.9 Å². The van der Waals surface area contributed by atoms with Crippen molar-refractivity contribution >= 4 is 10.9 Å². The maximum atomic E-state index is 10.2. The Kier molecular flexibility index (Phi) is 4.07. The van der Waals surface area contributed by atoms with Crippen molar-refractivity contribution in [2.24, 2.45) is 0 Å². The average Bonchev–Trinajstić information content (AvgIpc) is 2.60. The molecule has 1 atom stereocenters. The highest BCUT2D eigenvalue weighted by Crippen LogP contribution is 2.31. The Morgan fingerprint density at radius 3 is 2.50 bits per heavy atom. The van der Waals surface area contributed by atoms with E-state index < -0.39 is 6.10 Å². The summed E-state index contributed by atoms with van der Waals surface area (Å²) in [4.78, 5) is 4.59. The molecule has 1 aromatic heterocycles. The summed E-state index contributed by atoms with van der Waals surface area (Å²) < 4.78 is 5.22. The first kappa shape index (κ1) is 14.5. The van der Waals surface area contributed by atoms with Crippen LogP contribution in [-0.2, 0) is 0 Å². The van der Waals surface area contributed by atoms with E-state index in [-0.39, 0.29) is 0 Å². The molecule has 0 aliphatic carbocycles. The van der Waals surface area contributed by atoms with Gasteiger partial charge in [-0.3, -0.25) is 4.98 Å². The number of hydrogen-bond acceptors (Lipinski definition) is 3. The van der Waals surface area contributed by atoms with Crippen molar-refractivity contribution < 1.29 is 9.84 Å². The summed E-state index contributed by atoms with van der Waals surface area (Å²) in [6.45, 7) is 1.95. The molecule has 0 spiro atoms. The fraction of sp³-hybridized carbons (Fsp3) is 0.211. The molecule has 3 aromatic rings. The first-order chi connectivity index (χ1) is 10.7. The largest absolute Gasteiger partial charge is 0.497 e. The van der Waals surface area contributed by atoms with Gasteiger partial charge in [-0.25, -0.2) is 0 Å². The van der Waals surface area contributed by atoms with Crippen LogP contribution in [-0.4, -0.2) is 17.2 Å². The van der Waals surface area contributed by atoms with Crippen molar-refractivity contribution in [3.63, 3.8) is 0 Å². The van der Waals surface area contributed by atoms with E-state index in [4.69, 9.17) is 4.74 Å². The van der Waals surface area contributed by atoms with Gasteiger partial charge in [0.15, 0.2) is 0 Å². The Hall–Kier alpha value is -2.39. The molecule has 2 aromatic carbocycles. The number of benzene rings is 2. The topological polar surface area (TPSA) is 42.4 Å². The number of para-hydroxylation sites is 1. The Bertz CT molecular complexity index is 781. The van der Waals surface area contributed by atoms with E-state index in [9.17, 15) is 5.11 Å². The number of hydrogen-bond donors (Lipinski definition) is 1. The summed E-state index contributed by atoms with van der Waals surface area (Å²) in [6, 6.07) is 17.9. The van der Waals surface area contributed by atoms with E-state index in [0.717, 1.165) is 27.8 Å². The molecule has 3 nitrogen and oxygen atoms in total. The predicted octanol–water partition coefficient (Wildman–Crippen LogP) is 4.35. The molecule has 1 N–H and O–H groups in total.